The second-order valence-corrected chi connectivity index (χ2v) is 6.94. The Labute approximate surface area is 123 Å². The minimum Gasteiger partial charge on any atom is -0.349 e. The fourth-order valence-electron chi connectivity index (χ4n) is 3.94. The molecule has 2 bridgehead atoms. The molecule has 2 fully saturated rings. The first-order valence-electron chi connectivity index (χ1n) is 7.20. The summed E-state index contributed by atoms with van der Waals surface area (Å²) in [5.41, 5.74) is 0.734. The molecule has 2 aliphatic rings. The van der Waals surface area contributed by atoms with Crippen LogP contribution in [0.2, 0.25) is 0 Å². The van der Waals surface area contributed by atoms with E-state index in [-0.39, 0.29) is 11.9 Å². The number of benzene rings is 1. The summed E-state index contributed by atoms with van der Waals surface area (Å²) in [6.45, 7) is 2.17. The van der Waals surface area contributed by atoms with Crippen LogP contribution in [0.1, 0.15) is 43.0 Å². The molecule has 0 spiro atoms. The molecule has 0 heterocycles. The van der Waals surface area contributed by atoms with Gasteiger partial charge in [-0.2, -0.15) is 0 Å². The van der Waals surface area contributed by atoms with Gasteiger partial charge in [-0.15, -0.1) is 0 Å². The summed E-state index contributed by atoms with van der Waals surface area (Å²) in [5, 5.41) is 3.19. The molecule has 19 heavy (non-hydrogen) atoms. The maximum atomic E-state index is 12.3. The topological polar surface area (TPSA) is 29.1 Å². The number of hydrogen-bond acceptors (Lipinski definition) is 1. The van der Waals surface area contributed by atoms with E-state index in [0.717, 1.165) is 21.9 Å². The van der Waals surface area contributed by atoms with Gasteiger partial charge < -0.3 is 5.32 Å². The van der Waals surface area contributed by atoms with Gasteiger partial charge in [0.1, 0.15) is 0 Å². The Hall–Kier alpha value is -0.830. The van der Waals surface area contributed by atoms with E-state index in [1.807, 2.05) is 24.3 Å². The molecule has 2 saturated carbocycles. The standard InChI is InChI=1S/C16H20BrNO/c1-10(14-9-11-6-7-12(14)8-11)18-16(19)13-4-2-3-5-15(13)17/h2-5,10-12,14H,6-9H2,1H3,(H,18,19)/t10-,11-,12-,14-/m0/s1. The quantitative estimate of drug-likeness (QED) is 0.895. The number of carbonyl (C=O) groups excluding carboxylic acids is 1. The van der Waals surface area contributed by atoms with Crippen LogP contribution in [0.15, 0.2) is 28.7 Å². The summed E-state index contributed by atoms with van der Waals surface area (Å²) in [4.78, 5) is 12.3. The van der Waals surface area contributed by atoms with E-state index in [2.05, 4.69) is 28.2 Å². The third-order valence-corrected chi connectivity index (χ3v) is 5.60. The second-order valence-electron chi connectivity index (χ2n) is 6.08. The highest BCUT2D eigenvalue weighted by molar-refractivity contribution is 9.10. The fourth-order valence-corrected chi connectivity index (χ4v) is 4.41. The fraction of sp³-hybridized carbons (Fsp3) is 0.562. The molecule has 102 valence electrons. The van der Waals surface area contributed by atoms with Gasteiger partial charge in [0, 0.05) is 10.5 Å². The van der Waals surface area contributed by atoms with Gasteiger partial charge in [-0.05, 0) is 72.0 Å². The summed E-state index contributed by atoms with van der Waals surface area (Å²) in [6, 6.07) is 7.90. The van der Waals surface area contributed by atoms with Crippen LogP contribution in [0.3, 0.4) is 0 Å². The highest BCUT2D eigenvalue weighted by Gasteiger charge is 2.42. The van der Waals surface area contributed by atoms with Gasteiger partial charge in [0.15, 0.2) is 0 Å². The Bertz CT molecular complexity index is 487. The van der Waals surface area contributed by atoms with Crippen molar-refractivity contribution < 1.29 is 4.79 Å². The SMILES string of the molecule is C[C@H](NC(=O)c1ccccc1Br)[C@@H]1C[C@H]2CC[C@H]1C2. The third kappa shape index (κ3) is 2.58. The second kappa shape index (κ2) is 5.28. The average Bonchev–Trinajstić information content (AvgIpc) is 3.01. The number of halogens is 1. The number of nitrogens with one attached hydrogen (secondary N) is 1. The van der Waals surface area contributed by atoms with Crippen LogP contribution in [0.25, 0.3) is 0 Å². The van der Waals surface area contributed by atoms with Crippen molar-refractivity contribution in [3.63, 3.8) is 0 Å². The zero-order valence-corrected chi connectivity index (χ0v) is 12.8. The molecule has 1 amide bonds. The Morgan fingerprint density at radius 1 is 1.32 bits per heavy atom. The number of amides is 1. The number of carbonyl (C=O) groups is 1. The van der Waals surface area contributed by atoms with Crippen LogP contribution >= 0.6 is 15.9 Å². The minimum atomic E-state index is 0.0442. The number of rotatable bonds is 3. The summed E-state index contributed by atoms with van der Waals surface area (Å²) in [7, 11) is 0. The van der Waals surface area contributed by atoms with E-state index in [9.17, 15) is 4.79 Å². The summed E-state index contributed by atoms with van der Waals surface area (Å²) in [6.07, 6.45) is 5.47. The van der Waals surface area contributed by atoms with Crippen molar-refractivity contribution in [2.75, 3.05) is 0 Å². The van der Waals surface area contributed by atoms with Crippen LogP contribution in [-0.4, -0.2) is 11.9 Å². The van der Waals surface area contributed by atoms with Crippen molar-refractivity contribution in [3.8, 4) is 0 Å². The van der Waals surface area contributed by atoms with Crippen LogP contribution in [0.5, 0.6) is 0 Å². The number of fused-ring (bicyclic) bond motifs is 2. The van der Waals surface area contributed by atoms with Gasteiger partial charge in [0.25, 0.3) is 5.91 Å². The zero-order chi connectivity index (χ0) is 13.4. The van der Waals surface area contributed by atoms with E-state index in [1.165, 1.54) is 25.7 Å². The Kier molecular flexibility index (Phi) is 3.66. The molecule has 0 saturated heterocycles. The van der Waals surface area contributed by atoms with Gasteiger partial charge in [-0.25, -0.2) is 0 Å². The molecule has 3 rings (SSSR count). The lowest BCUT2D eigenvalue weighted by molar-refractivity contribution is 0.0914. The van der Waals surface area contributed by atoms with Crippen molar-refractivity contribution in [3.05, 3.63) is 34.3 Å². The smallest absolute Gasteiger partial charge is 0.252 e. The van der Waals surface area contributed by atoms with Crippen LogP contribution in [0, 0.1) is 17.8 Å². The lowest BCUT2D eigenvalue weighted by atomic mass is 9.84. The van der Waals surface area contributed by atoms with Gasteiger partial charge in [-0.1, -0.05) is 18.6 Å². The molecule has 0 aromatic heterocycles. The van der Waals surface area contributed by atoms with E-state index in [1.54, 1.807) is 0 Å². The van der Waals surface area contributed by atoms with Crippen LogP contribution < -0.4 is 5.32 Å². The van der Waals surface area contributed by atoms with E-state index in [0.29, 0.717) is 5.92 Å². The average molecular weight is 322 g/mol. The summed E-state index contributed by atoms with van der Waals surface area (Å²) < 4.78 is 0.868. The maximum absolute atomic E-state index is 12.3. The monoisotopic (exact) mass is 321 g/mol. The molecule has 3 heteroatoms. The molecule has 1 N–H and O–H groups in total. The van der Waals surface area contributed by atoms with E-state index in [4.69, 9.17) is 0 Å². The molecule has 0 aliphatic heterocycles. The van der Waals surface area contributed by atoms with E-state index >= 15 is 0 Å². The van der Waals surface area contributed by atoms with Gasteiger partial charge in [0.2, 0.25) is 0 Å². The molecule has 1 aromatic carbocycles. The number of hydrogen-bond donors (Lipinski definition) is 1. The molecular formula is C16H20BrNO. The summed E-state index contributed by atoms with van der Waals surface area (Å²) >= 11 is 3.44. The molecule has 4 atom stereocenters. The highest BCUT2D eigenvalue weighted by atomic mass is 79.9. The maximum Gasteiger partial charge on any atom is 0.252 e. The Morgan fingerprint density at radius 2 is 2.11 bits per heavy atom. The van der Waals surface area contributed by atoms with E-state index < -0.39 is 0 Å². The van der Waals surface area contributed by atoms with Gasteiger partial charge >= 0.3 is 0 Å². The predicted octanol–water partition coefficient (Wildman–Crippen LogP) is 4.00. The molecule has 0 unspecified atom stereocenters. The first-order valence-corrected chi connectivity index (χ1v) is 8.00. The molecule has 2 nitrogen and oxygen atoms in total. The molecule has 0 radical (unpaired) electrons. The van der Waals surface area contributed by atoms with Crippen molar-refractivity contribution >= 4 is 21.8 Å². The zero-order valence-electron chi connectivity index (χ0n) is 11.2. The predicted molar refractivity (Wildman–Crippen MR) is 80.0 cm³/mol. The van der Waals surface area contributed by atoms with Crippen LogP contribution in [-0.2, 0) is 0 Å². The largest absolute Gasteiger partial charge is 0.349 e. The minimum absolute atomic E-state index is 0.0442. The normalized spacial score (nSPS) is 30.3. The summed E-state index contributed by atoms with van der Waals surface area (Å²) in [5.74, 6) is 2.50. The van der Waals surface area contributed by atoms with Crippen molar-refractivity contribution in [2.45, 2.75) is 38.6 Å². The highest BCUT2D eigenvalue weighted by Crippen LogP contribution is 2.49. The van der Waals surface area contributed by atoms with Crippen LogP contribution in [0.4, 0.5) is 0 Å². The van der Waals surface area contributed by atoms with Crippen molar-refractivity contribution in [1.82, 2.24) is 5.32 Å². The van der Waals surface area contributed by atoms with Crippen molar-refractivity contribution in [1.29, 1.82) is 0 Å². The van der Waals surface area contributed by atoms with Crippen molar-refractivity contribution in [2.24, 2.45) is 17.8 Å². The third-order valence-electron chi connectivity index (χ3n) is 4.91. The lowest BCUT2D eigenvalue weighted by Crippen LogP contribution is -2.40. The molecule has 1 aromatic rings. The first kappa shape index (κ1) is 13.2. The molecular weight excluding hydrogens is 302 g/mol. The lowest BCUT2D eigenvalue weighted by Gasteiger charge is -2.28. The van der Waals surface area contributed by atoms with Gasteiger partial charge in [-0.3, -0.25) is 4.79 Å². The first-order chi connectivity index (χ1) is 9.15. The molecule has 2 aliphatic carbocycles. The Balaban J connectivity index is 1.65. The Morgan fingerprint density at radius 3 is 2.74 bits per heavy atom. The van der Waals surface area contributed by atoms with Gasteiger partial charge in [0.05, 0.1) is 5.56 Å².